The van der Waals surface area contributed by atoms with Crippen molar-refractivity contribution in [3.05, 3.63) is 79.6 Å². The van der Waals surface area contributed by atoms with Gasteiger partial charge in [-0.25, -0.2) is 0 Å². The number of carbonyl (C=O) groups excluding carboxylic acids is 1. The predicted octanol–water partition coefficient (Wildman–Crippen LogP) is 3.45. The molecule has 0 saturated heterocycles. The molecule has 0 radical (unpaired) electrons. The van der Waals surface area contributed by atoms with Gasteiger partial charge in [-0.2, -0.15) is 4.99 Å². The number of hydrogen-bond acceptors (Lipinski definition) is 7. The Bertz CT molecular complexity index is 1190. The highest BCUT2D eigenvalue weighted by Crippen LogP contribution is 2.28. The molecule has 1 heterocycles. The molecule has 0 spiro atoms. The van der Waals surface area contributed by atoms with E-state index >= 15 is 0 Å². The number of carbonyl (C=O) groups is 1. The lowest BCUT2D eigenvalue weighted by molar-refractivity contribution is -0.394. The van der Waals surface area contributed by atoms with Crippen LogP contribution in [0.4, 0.5) is 11.4 Å². The van der Waals surface area contributed by atoms with Crippen molar-refractivity contribution in [1.82, 2.24) is 4.57 Å². The lowest BCUT2D eigenvalue weighted by Gasteiger charge is -2.06. The maximum Gasteiger partial charge on any atom is 0.280 e. The first-order valence-electron chi connectivity index (χ1n) is 8.16. The van der Waals surface area contributed by atoms with Crippen molar-refractivity contribution in [2.24, 2.45) is 4.99 Å². The summed E-state index contributed by atoms with van der Waals surface area (Å²) in [7, 11) is 1.52. The third-order valence-electron chi connectivity index (χ3n) is 3.96. The van der Waals surface area contributed by atoms with E-state index in [4.69, 9.17) is 4.74 Å². The Morgan fingerprint density at radius 1 is 1.24 bits per heavy atom. The molecule has 0 saturated carbocycles. The molecule has 148 valence electrons. The maximum atomic E-state index is 12.7. The van der Waals surface area contributed by atoms with Crippen molar-refractivity contribution in [2.45, 2.75) is 6.54 Å². The third-order valence-corrected chi connectivity index (χ3v) is 5.01. The number of benzene rings is 2. The van der Waals surface area contributed by atoms with Crippen LogP contribution < -0.4 is 9.54 Å². The number of fused-ring (bicyclic) bond motifs is 1. The number of aromatic nitrogens is 1. The van der Waals surface area contributed by atoms with Gasteiger partial charge in [0.1, 0.15) is 11.3 Å². The Labute approximate surface area is 167 Å². The number of non-ortho nitro benzene ring substituents is 2. The van der Waals surface area contributed by atoms with Gasteiger partial charge in [0.25, 0.3) is 17.3 Å². The number of thiazole rings is 1. The minimum absolute atomic E-state index is 0.250. The number of nitro groups is 2. The normalized spacial score (nSPS) is 11.4. The van der Waals surface area contributed by atoms with Crippen molar-refractivity contribution >= 4 is 38.8 Å². The quantitative estimate of drug-likeness (QED) is 0.345. The van der Waals surface area contributed by atoms with E-state index in [1.165, 1.54) is 18.4 Å². The van der Waals surface area contributed by atoms with Crippen LogP contribution in [0, 0.1) is 20.2 Å². The van der Waals surface area contributed by atoms with E-state index < -0.39 is 27.1 Å². The lowest BCUT2D eigenvalue weighted by Crippen LogP contribution is -2.16. The number of methoxy groups -OCH3 is 1. The number of nitrogens with zero attached hydrogens (tertiary/aromatic N) is 4. The van der Waals surface area contributed by atoms with Crippen molar-refractivity contribution in [3.8, 4) is 5.75 Å². The Morgan fingerprint density at radius 3 is 2.45 bits per heavy atom. The first-order valence-corrected chi connectivity index (χ1v) is 8.97. The summed E-state index contributed by atoms with van der Waals surface area (Å²) in [6.07, 6.45) is 1.63. The zero-order valence-electron chi connectivity index (χ0n) is 15.1. The summed E-state index contributed by atoms with van der Waals surface area (Å²) in [5.41, 5.74) is -0.651. The first-order chi connectivity index (χ1) is 13.8. The molecule has 3 rings (SSSR count). The van der Waals surface area contributed by atoms with Crippen molar-refractivity contribution in [3.63, 3.8) is 0 Å². The molecule has 0 aliphatic rings. The molecule has 0 N–H and O–H groups in total. The summed E-state index contributed by atoms with van der Waals surface area (Å²) in [6.45, 7) is 4.04. The molecule has 0 aliphatic heterocycles. The lowest BCUT2D eigenvalue weighted by atomic mass is 10.1. The fourth-order valence-electron chi connectivity index (χ4n) is 2.73. The molecule has 2 aromatic carbocycles. The molecular weight excluding hydrogens is 400 g/mol. The van der Waals surface area contributed by atoms with Gasteiger partial charge in [0.05, 0.1) is 33.3 Å². The van der Waals surface area contributed by atoms with E-state index in [0.717, 1.165) is 28.4 Å². The average molecular weight is 414 g/mol. The summed E-state index contributed by atoms with van der Waals surface area (Å²) in [5.74, 6) is -0.249. The van der Waals surface area contributed by atoms with E-state index in [1.54, 1.807) is 22.8 Å². The van der Waals surface area contributed by atoms with Crippen LogP contribution in [0.25, 0.3) is 10.2 Å². The van der Waals surface area contributed by atoms with E-state index in [1.807, 2.05) is 6.07 Å². The minimum atomic E-state index is -0.833. The number of rotatable bonds is 6. The standard InChI is InChI=1S/C18H14N4O6S/c1-3-7-20-16-14(28-2)5-4-6-15(16)29-18(20)19-17(23)11-8-12(21(24)25)10-13(9-11)22(26)27/h3-6,8-10H,1,7H2,2H3. The van der Waals surface area contributed by atoms with Crippen LogP contribution in [0.5, 0.6) is 5.75 Å². The van der Waals surface area contributed by atoms with Gasteiger partial charge in [0.15, 0.2) is 4.80 Å². The van der Waals surface area contributed by atoms with E-state index in [9.17, 15) is 25.0 Å². The van der Waals surface area contributed by atoms with Crippen molar-refractivity contribution in [1.29, 1.82) is 0 Å². The van der Waals surface area contributed by atoms with Crippen LogP contribution in [0.3, 0.4) is 0 Å². The fraction of sp³-hybridized carbons (Fsp3) is 0.111. The van der Waals surface area contributed by atoms with Crippen LogP contribution in [0.15, 0.2) is 54.0 Å². The molecule has 0 unspecified atom stereocenters. The van der Waals surface area contributed by atoms with Crippen LogP contribution >= 0.6 is 11.3 Å². The molecule has 1 aromatic heterocycles. The third kappa shape index (κ3) is 3.89. The maximum absolute atomic E-state index is 12.7. The molecule has 11 heteroatoms. The van der Waals surface area contributed by atoms with E-state index in [2.05, 4.69) is 11.6 Å². The Balaban J connectivity index is 2.20. The summed E-state index contributed by atoms with van der Waals surface area (Å²) in [6, 6.07) is 8.12. The van der Waals surface area contributed by atoms with Gasteiger partial charge in [0.2, 0.25) is 0 Å². The number of amides is 1. The van der Waals surface area contributed by atoms with Gasteiger partial charge in [-0.15, -0.1) is 6.58 Å². The largest absolute Gasteiger partial charge is 0.495 e. The molecule has 0 fully saturated rings. The summed E-state index contributed by atoms with van der Waals surface area (Å²) in [5, 5.41) is 22.1. The molecule has 10 nitrogen and oxygen atoms in total. The second-order valence-corrected chi connectivity index (χ2v) is 6.77. The second kappa shape index (κ2) is 8.02. The predicted molar refractivity (Wildman–Crippen MR) is 106 cm³/mol. The van der Waals surface area contributed by atoms with Gasteiger partial charge in [-0.05, 0) is 12.1 Å². The minimum Gasteiger partial charge on any atom is -0.495 e. The van der Waals surface area contributed by atoms with Crippen LogP contribution in [0.1, 0.15) is 10.4 Å². The van der Waals surface area contributed by atoms with Gasteiger partial charge < -0.3 is 9.30 Å². The number of hydrogen-bond donors (Lipinski definition) is 0. The van der Waals surface area contributed by atoms with Crippen molar-refractivity contribution in [2.75, 3.05) is 7.11 Å². The van der Waals surface area contributed by atoms with Crippen molar-refractivity contribution < 1.29 is 19.4 Å². The average Bonchev–Trinajstić information content (AvgIpc) is 3.05. The Kier molecular flexibility index (Phi) is 5.50. The molecule has 0 aliphatic carbocycles. The van der Waals surface area contributed by atoms with E-state index in [-0.39, 0.29) is 5.56 Å². The van der Waals surface area contributed by atoms with Crippen LogP contribution in [0.2, 0.25) is 0 Å². The highest BCUT2D eigenvalue weighted by atomic mass is 32.1. The smallest absolute Gasteiger partial charge is 0.280 e. The summed E-state index contributed by atoms with van der Waals surface area (Å²) < 4.78 is 7.90. The molecule has 1 amide bonds. The zero-order valence-corrected chi connectivity index (χ0v) is 15.9. The van der Waals surface area contributed by atoms with Gasteiger partial charge in [-0.3, -0.25) is 25.0 Å². The first kappa shape index (κ1) is 19.9. The number of allylic oxidation sites excluding steroid dienone is 1. The molecule has 29 heavy (non-hydrogen) atoms. The summed E-state index contributed by atoms with van der Waals surface area (Å²) >= 11 is 1.22. The van der Waals surface area contributed by atoms with Gasteiger partial charge in [-0.1, -0.05) is 23.5 Å². The fourth-order valence-corrected chi connectivity index (χ4v) is 3.78. The topological polar surface area (TPSA) is 130 Å². The highest BCUT2D eigenvalue weighted by molar-refractivity contribution is 7.16. The van der Waals surface area contributed by atoms with Gasteiger partial charge >= 0.3 is 0 Å². The number of nitro benzene ring substituents is 2. The molecular formula is C18H14N4O6S. The zero-order chi connectivity index (χ0) is 21.1. The number of ether oxygens (including phenoxy) is 1. The van der Waals surface area contributed by atoms with Crippen LogP contribution in [-0.2, 0) is 6.54 Å². The van der Waals surface area contributed by atoms with Gasteiger partial charge in [0, 0.05) is 18.7 Å². The SMILES string of the molecule is C=CCn1c(=NC(=O)c2cc([N+](=O)[O-])cc([N+](=O)[O-])c2)sc2cccc(OC)c21. The molecule has 3 aromatic rings. The molecule has 0 bridgehead atoms. The Hall–Kier alpha value is -3.86. The van der Waals surface area contributed by atoms with Crippen LogP contribution in [-0.4, -0.2) is 27.4 Å². The highest BCUT2D eigenvalue weighted by Gasteiger charge is 2.20. The molecule has 0 atom stereocenters. The monoisotopic (exact) mass is 414 g/mol. The number of para-hydroxylation sites is 1. The second-order valence-electron chi connectivity index (χ2n) is 5.76. The summed E-state index contributed by atoms with van der Waals surface area (Å²) in [4.78, 5) is 37.5. The Morgan fingerprint density at radius 2 is 1.90 bits per heavy atom. The van der Waals surface area contributed by atoms with E-state index in [0.29, 0.717) is 17.1 Å².